The first-order valence-electron chi connectivity index (χ1n) is 6.27. The lowest BCUT2D eigenvalue weighted by atomic mass is 10.0. The van der Waals surface area contributed by atoms with Crippen LogP contribution in [0.15, 0.2) is 29.9 Å². The maximum absolute atomic E-state index is 6.24. The summed E-state index contributed by atoms with van der Waals surface area (Å²) in [6.07, 6.45) is 3.77. The number of thiazole rings is 1. The van der Waals surface area contributed by atoms with Gasteiger partial charge in [0.2, 0.25) is 0 Å². The van der Waals surface area contributed by atoms with Gasteiger partial charge in [-0.3, -0.25) is 4.98 Å². The molecular weight excluding hydrogens is 299 g/mol. The van der Waals surface area contributed by atoms with Crippen molar-refractivity contribution < 1.29 is 0 Å². The third kappa shape index (κ3) is 3.93. The molecule has 2 nitrogen and oxygen atoms in total. The molecule has 1 aromatic carbocycles. The molecule has 1 heterocycles. The highest BCUT2D eigenvalue weighted by Gasteiger charge is 2.16. The van der Waals surface area contributed by atoms with E-state index in [2.05, 4.69) is 17.2 Å². The average molecular weight is 315 g/mol. The molecule has 0 fully saturated rings. The van der Waals surface area contributed by atoms with Crippen molar-refractivity contribution in [2.75, 3.05) is 6.54 Å². The summed E-state index contributed by atoms with van der Waals surface area (Å²) in [5.41, 5.74) is 2.84. The number of hydrogen-bond acceptors (Lipinski definition) is 3. The van der Waals surface area contributed by atoms with Crippen molar-refractivity contribution in [2.24, 2.45) is 0 Å². The van der Waals surface area contributed by atoms with Gasteiger partial charge in [0.25, 0.3) is 0 Å². The molecule has 0 saturated heterocycles. The van der Waals surface area contributed by atoms with Gasteiger partial charge in [-0.15, -0.1) is 11.3 Å². The van der Waals surface area contributed by atoms with Gasteiger partial charge in [-0.2, -0.15) is 0 Å². The zero-order chi connectivity index (χ0) is 13.7. The Balaban J connectivity index is 2.20. The summed E-state index contributed by atoms with van der Waals surface area (Å²) >= 11 is 14.1. The second-order valence-corrected chi connectivity index (χ2v) is 6.05. The van der Waals surface area contributed by atoms with E-state index in [0.717, 1.165) is 35.0 Å². The molecule has 0 aliphatic heterocycles. The minimum absolute atomic E-state index is 0.213. The Morgan fingerprint density at radius 2 is 2.05 bits per heavy atom. The molecule has 0 aliphatic rings. The third-order valence-corrected chi connectivity index (χ3v) is 4.50. The lowest BCUT2D eigenvalue weighted by Crippen LogP contribution is -2.23. The highest BCUT2D eigenvalue weighted by molar-refractivity contribution is 7.09. The van der Waals surface area contributed by atoms with Crippen LogP contribution in [0.5, 0.6) is 0 Å². The molecule has 0 saturated carbocycles. The molecule has 102 valence electrons. The molecule has 0 amide bonds. The lowest BCUT2D eigenvalue weighted by molar-refractivity contribution is 0.536. The van der Waals surface area contributed by atoms with Crippen LogP contribution in [0.4, 0.5) is 0 Å². The Hall–Kier alpha value is -0.610. The Kier molecular flexibility index (Phi) is 5.64. The maximum Gasteiger partial charge on any atom is 0.0794 e. The number of halogens is 2. The quantitative estimate of drug-likeness (QED) is 0.833. The first-order valence-corrected chi connectivity index (χ1v) is 7.90. The second-order valence-electron chi connectivity index (χ2n) is 4.31. The molecule has 1 N–H and O–H groups in total. The minimum atomic E-state index is 0.213. The third-order valence-electron chi connectivity index (χ3n) is 2.91. The summed E-state index contributed by atoms with van der Waals surface area (Å²) in [5, 5.41) is 4.97. The van der Waals surface area contributed by atoms with Gasteiger partial charge in [0.15, 0.2) is 0 Å². The van der Waals surface area contributed by atoms with Gasteiger partial charge >= 0.3 is 0 Å². The van der Waals surface area contributed by atoms with Crippen LogP contribution in [0.25, 0.3) is 0 Å². The minimum Gasteiger partial charge on any atom is -0.309 e. The first kappa shape index (κ1) is 14.8. The summed E-state index contributed by atoms with van der Waals surface area (Å²) < 4.78 is 0. The predicted molar refractivity (Wildman–Crippen MR) is 83.3 cm³/mol. The summed E-state index contributed by atoms with van der Waals surface area (Å²) in [6.45, 7) is 3.11. The number of rotatable bonds is 6. The standard InChI is InChI=1S/C14H16Cl2N2S/c1-2-6-18-13(14-8-17-9-19-14)7-10-11(15)4-3-5-12(10)16/h3-5,8-9,13,18H,2,6-7H2,1H3. The zero-order valence-electron chi connectivity index (χ0n) is 10.7. The van der Waals surface area contributed by atoms with E-state index in [9.17, 15) is 0 Å². The summed E-state index contributed by atoms with van der Waals surface area (Å²) in [4.78, 5) is 5.36. The predicted octanol–water partition coefficient (Wildman–Crippen LogP) is 4.73. The highest BCUT2D eigenvalue weighted by Crippen LogP contribution is 2.30. The van der Waals surface area contributed by atoms with Crippen molar-refractivity contribution in [2.45, 2.75) is 25.8 Å². The van der Waals surface area contributed by atoms with Gasteiger partial charge in [0.1, 0.15) is 0 Å². The Labute approximate surface area is 127 Å². The van der Waals surface area contributed by atoms with E-state index in [1.54, 1.807) is 11.3 Å². The second kappa shape index (κ2) is 7.25. The topological polar surface area (TPSA) is 24.9 Å². The van der Waals surface area contributed by atoms with E-state index < -0.39 is 0 Å². The van der Waals surface area contributed by atoms with E-state index in [1.807, 2.05) is 29.9 Å². The van der Waals surface area contributed by atoms with E-state index in [1.165, 1.54) is 4.88 Å². The molecule has 2 rings (SSSR count). The van der Waals surface area contributed by atoms with E-state index in [0.29, 0.717) is 0 Å². The Morgan fingerprint density at radius 3 is 2.63 bits per heavy atom. The van der Waals surface area contributed by atoms with E-state index in [4.69, 9.17) is 23.2 Å². The van der Waals surface area contributed by atoms with Gasteiger partial charge in [0.05, 0.1) is 5.51 Å². The van der Waals surface area contributed by atoms with Crippen LogP contribution >= 0.6 is 34.5 Å². The van der Waals surface area contributed by atoms with Crippen LogP contribution in [-0.4, -0.2) is 11.5 Å². The number of nitrogens with one attached hydrogen (secondary N) is 1. The van der Waals surface area contributed by atoms with Crippen molar-refractivity contribution in [3.05, 3.63) is 50.4 Å². The molecule has 0 aliphatic carbocycles. The van der Waals surface area contributed by atoms with Crippen molar-refractivity contribution in [3.8, 4) is 0 Å². The van der Waals surface area contributed by atoms with Crippen molar-refractivity contribution >= 4 is 34.5 Å². The monoisotopic (exact) mass is 314 g/mol. The fourth-order valence-corrected chi connectivity index (χ4v) is 3.17. The Bertz CT molecular complexity index is 494. The van der Waals surface area contributed by atoms with Crippen LogP contribution in [0.2, 0.25) is 10.0 Å². The maximum atomic E-state index is 6.24. The smallest absolute Gasteiger partial charge is 0.0794 e. The van der Waals surface area contributed by atoms with Crippen LogP contribution < -0.4 is 5.32 Å². The zero-order valence-corrected chi connectivity index (χ0v) is 13.0. The molecule has 0 radical (unpaired) electrons. The number of aromatic nitrogens is 1. The average Bonchev–Trinajstić information content (AvgIpc) is 2.91. The van der Waals surface area contributed by atoms with Crippen molar-refractivity contribution in [1.82, 2.24) is 10.3 Å². The van der Waals surface area contributed by atoms with Gasteiger partial charge in [0, 0.05) is 27.2 Å². The molecule has 19 heavy (non-hydrogen) atoms. The summed E-state index contributed by atoms with van der Waals surface area (Å²) in [5.74, 6) is 0. The van der Waals surface area contributed by atoms with Crippen LogP contribution in [0.3, 0.4) is 0 Å². The molecule has 1 aromatic heterocycles. The Morgan fingerprint density at radius 1 is 1.32 bits per heavy atom. The largest absolute Gasteiger partial charge is 0.309 e. The van der Waals surface area contributed by atoms with Crippen molar-refractivity contribution in [3.63, 3.8) is 0 Å². The van der Waals surface area contributed by atoms with E-state index >= 15 is 0 Å². The van der Waals surface area contributed by atoms with Gasteiger partial charge in [-0.05, 0) is 37.1 Å². The number of hydrogen-bond donors (Lipinski definition) is 1. The summed E-state index contributed by atoms with van der Waals surface area (Å²) in [6, 6.07) is 5.85. The number of nitrogens with zero attached hydrogens (tertiary/aromatic N) is 1. The van der Waals surface area contributed by atoms with Crippen LogP contribution in [0, 0.1) is 0 Å². The van der Waals surface area contributed by atoms with E-state index in [-0.39, 0.29) is 6.04 Å². The molecule has 1 atom stereocenters. The SMILES string of the molecule is CCCNC(Cc1c(Cl)cccc1Cl)c1cncs1. The molecule has 5 heteroatoms. The van der Waals surface area contributed by atoms with Gasteiger partial charge < -0.3 is 5.32 Å². The lowest BCUT2D eigenvalue weighted by Gasteiger charge is -2.18. The van der Waals surface area contributed by atoms with Crippen LogP contribution in [0.1, 0.15) is 29.8 Å². The van der Waals surface area contributed by atoms with Gasteiger partial charge in [-0.1, -0.05) is 36.2 Å². The highest BCUT2D eigenvalue weighted by atomic mass is 35.5. The first-order chi connectivity index (χ1) is 9.22. The van der Waals surface area contributed by atoms with Crippen LogP contribution in [-0.2, 0) is 6.42 Å². The molecule has 2 aromatic rings. The molecular formula is C14H16Cl2N2S. The molecule has 1 unspecified atom stereocenters. The molecule has 0 bridgehead atoms. The summed E-state index contributed by atoms with van der Waals surface area (Å²) in [7, 11) is 0. The fraction of sp³-hybridized carbons (Fsp3) is 0.357. The normalized spacial score (nSPS) is 12.6. The van der Waals surface area contributed by atoms with Gasteiger partial charge in [-0.25, -0.2) is 0 Å². The number of benzene rings is 1. The fourth-order valence-electron chi connectivity index (χ4n) is 1.92. The van der Waals surface area contributed by atoms with Crippen molar-refractivity contribution in [1.29, 1.82) is 0 Å². The molecule has 0 spiro atoms.